The molecule has 0 aliphatic heterocycles. The molecule has 6 nitrogen and oxygen atoms in total. The lowest BCUT2D eigenvalue weighted by molar-refractivity contribution is -0.119. The molecule has 26 heavy (non-hydrogen) atoms. The highest BCUT2D eigenvalue weighted by Gasteiger charge is 2.35. The first-order valence-electron chi connectivity index (χ1n) is 8.54. The molecule has 0 bridgehead atoms. The summed E-state index contributed by atoms with van der Waals surface area (Å²) in [5, 5.41) is 13.3. The largest absolute Gasteiger partial charge is 0.337 e. The molecule has 2 aromatic rings. The van der Waals surface area contributed by atoms with E-state index in [0.717, 1.165) is 12.8 Å². The number of carbonyl (C=O) groups is 1. The lowest BCUT2D eigenvalue weighted by atomic mass is 10.0. The maximum absolute atomic E-state index is 12.7. The lowest BCUT2D eigenvalue weighted by Crippen LogP contribution is -2.45. The summed E-state index contributed by atoms with van der Waals surface area (Å²) in [5.74, 6) is -0.114. The topological polar surface area (TPSA) is 87.8 Å². The molecule has 0 atom stereocenters. The summed E-state index contributed by atoms with van der Waals surface area (Å²) < 4.78 is 1.52. The molecular formula is C19H20N4O2S. The molecule has 1 saturated carbocycles. The van der Waals surface area contributed by atoms with Crippen molar-refractivity contribution in [1.82, 2.24) is 14.9 Å². The van der Waals surface area contributed by atoms with E-state index in [2.05, 4.69) is 22.9 Å². The van der Waals surface area contributed by atoms with Gasteiger partial charge in [0, 0.05) is 6.54 Å². The SMILES string of the molecule is C=CCn1c(SCC(=O)NC2(C#N)CCCC2)nc2ccccc2c1=O. The molecule has 1 heterocycles. The first-order chi connectivity index (χ1) is 12.6. The van der Waals surface area contributed by atoms with Crippen LogP contribution in [0, 0.1) is 11.3 Å². The summed E-state index contributed by atoms with van der Waals surface area (Å²) in [7, 11) is 0. The number of thioether (sulfide) groups is 1. The zero-order chi connectivity index (χ0) is 18.6. The number of carbonyl (C=O) groups excluding carboxylic acids is 1. The van der Waals surface area contributed by atoms with Gasteiger partial charge in [-0.3, -0.25) is 14.2 Å². The number of nitrogens with zero attached hydrogens (tertiary/aromatic N) is 3. The second-order valence-electron chi connectivity index (χ2n) is 6.35. The monoisotopic (exact) mass is 368 g/mol. The number of nitriles is 1. The van der Waals surface area contributed by atoms with Crippen molar-refractivity contribution in [3.63, 3.8) is 0 Å². The second-order valence-corrected chi connectivity index (χ2v) is 7.30. The molecule has 1 aliphatic carbocycles. The van der Waals surface area contributed by atoms with Gasteiger partial charge in [0.1, 0.15) is 5.54 Å². The normalized spacial score (nSPS) is 15.5. The van der Waals surface area contributed by atoms with E-state index in [4.69, 9.17) is 0 Å². The van der Waals surface area contributed by atoms with E-state index in [0.29, 0.717) is 35.4 Å². The molecule has 0 unspecified atom stereocenters. The molecule has 0 radical (unpaired) electrons. The number of aromatic nitrogens is 2. The van der Waals surface area contributed by atoms with Crippen molar-refractivity contribution < 1.29 is 4.79 Å². The number of hydrogen-bond acceptors (Lipinski definition) is 5. The van der Waals surface area contributed by atoms with Gasteiger partial charge in [0.25, 0.3) is 5.56 Å². The summed E-state index contributed by atoms with van der Waals surface area (Å²) >= 11 is 1.20. The van der Waals surface area contributed by atoms with Gasteiger partial charge in [0.2, 0.25) is 5.91 Å². The summed E-state index contributed by atoms with van der Waals surface area (Å²) in [6.07, 6.45) is 4.91. The third-order valence-corrected chi connectivity index (χ3v) is 5.50. The van der Waals surface area contributed by atoms with Gasteiger partial charge in [-0.1, -0.05) is 30.0 Å². The number of amides is 1. The summed E-state index contributed by atoms with van der Waals surface area (Å²) in [6, 6.07) is 9.39. The molecule has 1 fully saturated rings. The molecule has 1 aromatic heterocycles. The van der Waals surface area contributed by atoms with Crippen molar-refractivity contribution in [2.24, 2.45) is 0 Å². The molecule has 1 aliphatic rings. The summed E-state index contributed by atoms with van der Waals surface area (Å²) in [4.78, 5) is 29.5. The molecule has 3 rings (SSSR count). The smallest absolute Gasteiger partial charge is 0.262 e. The van der Waals surface area contributed by atoms with Crippen LogP contribution in [0.15, 0.2) is 46.9 Å². The Morgan fingerprint density at radius 2 is 2.15 bits per heavy atom. The quantitative estimate of drug-likeness (QED) is 0.481. The molecule has 134 valence electrons. The van der Waals surface area contributed by atoms with Crippen LogP contribution in [0.5, 0.6) is 0 Å². The minimum absolute atomic E-state index is 0.103. The minimum Gasteiger partial charge on any atom is -0.337 e. The Hall–Kier alpha value is -2.59. The van der Waals surface area contributed by atoms with E-state index < -0.39 is 5.54 Å². The minimum atomic E-state index is -0.741. The van der Waals surface area contributed by atoms with Crippen molar-refractivity contribution in [3.8, 4) is 6.07 Å². The Balaban J connectivity index is 1.81. The second kappa shape index (κ2) is 7.75. The molecule has 0 saturated heterocycles. The number of hydrogen-bond donors (Lipinski definition) is 1. The first kappa shape index (κ1) is 18.2. The number of allylic oxidation sites excluding steroid dienone is 1. The van der Waals surface area contributed by atoms with E-state index in [-0.39, 0.29) is 17.2 Å². The van der Waals surface area contributed by atoms with Crippen LogP contribution >= 0.6 is 11.8 Å². The number of rotatable bonds is 6. The van der Waals surface area contributed by atoms with E-state index in [1.807, 2.05) is 6.07 Å². The first-order valence-corrected chi connectivity index (χ1v) is 9.53. The number of fused-ring (bicyclic) bond motifs is 1. The Bertz CT molecular complexity index is 939. The number of benzene rings is 1. The Morgan fingerprint density at radius 1 is 1.42 bits per heavy atom. The van der Waals surface area contributed by atoms with Gasteiger partial charge in [-0.05, 0) is 37.8 Å². The molecule has 0 spiro atoms. The third kappa shape index (κ3) is 3.65. The van der Waals surface area contributed by atoms with Crippen LogP contribution in [0.3, 0.4) is 0 Å². The molecule has 1 N–H and O–H groups in total. The van der Waals surface area contributed by atoms with Gasteiger partial charge in [-0.15, -0.1) is 6.58 Å². The third-order valence-electron chi connectivity index (χ3n) is 4.52. The molecule has 1 aromatic carbocycles. The summed E-state index contributed by atoms with van der Waals surface area (Å²) in [6.45, 7) is 4.01. The van der Waals surface area contributed by atoms with Crippen LogP contribution in [-0.4, -0.2) is 26.8 Å². The van der Waals surface area contributed by atoms with Crippen LogP contribution in [-0.2, 0) is 11.3 Å². The highest BCUT2D eigenvalue weighted by molar-refractivity contribution is 7.99. The van der Waals surface area contributed by atoms with Crippen LogP contribution in [0.25, 0.3) is 10.9 Å². The van der Waals surface area contributed by atoms with Crippen molar-refractivity contribution in [1.29, 1.82) is 5.26 Å². The van der Waals surface area contributed by atoms with Crippen LogP contribution in [0.1, 0.15) is 25.7 Å². The van der Waals surface area contributed by atoms with Crippen molar-refractivity contribution >= 4 is 28.6 Å². The van der Waals surface area contributed by atoms with Crippen molar-refractivity contribution in [3.05, 3.63) is 47.3 Å². The van der Waals surface area contributed by atoms with E-state index in [9.17, 15) is 14.9 Å². The van der Waals surface area contributed by atoms with Gasteiger partial charge in [-0.25, -0.2) is 4.98 Å². The van der Waals surface area contributed by atoms with Gasteiger partial charge >= 0.3 is 0 Å². The maximum Gasteiger partial charge on any atom is 0.262 e. The van der Waals surface area contributed by atoms with Crippen molar-refractivity contribution in [2.75, 3.05) is 5.75 Å². The Labute approximate surface area is 155 Å². The van der Waals surface area contributed by atoms with Gasteiger partial charge in [0.15, 0.2) is 5.16 Å². The highest BCUT2D eigenvalue weighted by atomic mass is 32.2. The van der Waals surface area contributed by atoms with Crippen LogP contribution in [0.4, 0.5) is 0 Å². The fourth-order valence-corrected chi connectivity index (χ4v) is 4.03. The van der Waals surface area contributed by atoms with Crippen molar-refractivity contribution in [2.45, 2.75) is 42.9 Å². The number of nitrogens with one attached hydrogen (secondary N) is 1. The standard InChI is InChI=1S/C19H20N4O2S/c1-2-11-23-17(25)14-7-3-4-8-15(14)21-18(23)26-12-16(24)22-19(13-20)9-5-6-10-19/h2-4,7-8H,1,5-6,9-12H2,(H,22,24). The number of para-hydroxylation sites is 1. The van der Waals surface area contributed by atoms with Crippen LogP contribution < -0.4 is 10.9 Å². The van der Waals surface area contributed by atoms with Gasteiger partial charge in [0.05, 0.1) is 22.7 Å². The predicted molar refractivity (Wildman–Crippen MR) is 102 cm³/mol. The Morgan fingerprint density at radius 3 is 2.85 bits per heavy atom. The zero-order valence-corrected chi connectivity index (χ0v) is 15.2. The van der Waals surface area contributed by atoms with E-state index >= 15 is 0 Å². The van der Waals surface area contributed by atoms with E-state index in [1.165, 1.54) is 16.3 Å². The fraction of sp³-hybridized carbons (Fsp3) is 0.368. The average Bonchev–Trinajstić information content (AvgIpc) is 3.11. The zero-order valence-electron chi connectivity index (χ0n) is 14.4. The van der Waals surface area contributed by atoms with Crippen LogP contribution in [0.2, 0.25) is 0 Å². The maximum atomic E-state index is 12.7. The van der Waals surface area contributed by atoms with Gasteiger partial charge < -0.3 is 5.32 Å². The lowest BCUT2D eigenvalue weighted by Gasteiger charge is -2.21. The molecular weight excluding hydrogens is 348 g/mol. The molecule has 1 amide bonds. The highest BCUT2D eigenvalue weighted by Crippen LogP contribution is 2.29. The summed E-state index contributed by atoms with van der Waals surface area (Å²) in [5.41, 5.74) is -0.289. The Kier molecular flexibility index (Phi) is 5.43. The van der Waals surface area contributed by atoms with E-state index in [1.54, 1.807) is 24.3 Å². The van der Waals surface area contributed by atoms with Gasteiger partial charge in [-0.2, -0.15) is 5.26 Å². The average molecular weight is 368 g/mol. The predicted octanol–water partition coefficient (Wildman–Crippen LogP) is 2.63. The molecule has 7 heteroatoms. The fourth-order valence-electron chi connectivity index (χ4n) is 3.22.